The molecule has 4 heteroatoms. The number of carbonyl (C=O) groups is 1. The summed E-state index contributed by atoms with van der Waals surface area (Å²) in [7, 11) is 0. The normalized spacial score (nSPS) is 13.6. The minimum Gasteiger partial charge on any atom is -0.443 e. The fourth-order valence-corrected chi connectivity index (χ4v) is 2.85. The molecule has 0 aromatic rings. The van der Waals surface area contributed by atoms with Crippen LogP contribution in [-0.4, -0.2) is 30.0 Å². The van der Waals surface area contributed by atoms with Gasteiger partial charge in [0, 0.05) is 6.54 Å². The maximum Gasteiger partial charge on any atom is 0.407 e. The number of ether oxygens (including phenoxy) is 1. The Hall–Kier alpha value is -0.770. The number of hydrogen-bond acceptors (Lipinski definition) is 3. The largest absolute Gasteiger partial charge is 0.443 e. The molecular formula is C19H39NO3. The van der Waals surface area contributed by atoms with Crippen LogP contribution in [-0.2, 0) is 4.74 Å². The number of alkyl carbamates (subject to hydrolysis) is 1. The summed E-state index contributed by atoms with van der Waals surface area (Å²) in [6, 6.07) is 0. The molecule has 1 unspecified atom stereocenters. The lowest BCUT2D eigenvalue weighted by Crippen LogP contribution is -2.38. The summed E-state index contributed by atoms with van der Waals surface area (Å²) >= 11 is 0. The van der Waals surface area contributed by atoms with E-state index in [1.54, 1.807) is 0 Å². The van der Waals surface area contributed by atoms with Crippen LogP contribution in [0.1, 0.15) is 97.8 Å². The molecule has 138 valence electrons. The van der Waals surface area contributed by atoms with Gasteiger partial charge in [0.05, 0.1) is 6.61 Å². The molecule has 4 nitrogen and oxygen atoms in total. The molecule has 0 aromatic carbocycles. The molecule has 1 atom stereocenters. The molecule has 1 amide bonds. The number of carbonyl (C=O) groups excluding carboxylic acids is 1. The standard InChI is InChI=1S/C19H39NO3/c1-4-6-8-10-11-13-15-19(3,14-12-9-7-5-2)23-18(22)20-16-17-21/h21H,4-17H2,1-3H3,(H,20,22). The van der Waals surface area contributed by atoms with Crippen LogP contribution in [0.15, 0.2) is 0 Å². The van der Waals surface area contributed by atoms with Gasteiger partial charge in [-0.15, -0.1) is 0 Å². The first-order valence-corrected chi connectivity index (χ1v) is 9.65. The Labute approximate surface area is 143 Å². The van der Waals surface area contributed by atoms with Gasteiger partial charge >= 0.3 is 6.09 Å². The Bertz CT molecular complexity index is 284. The monoisotopic (exact) mass is 329 g/mol. The van der Waals surface area contributed by atoms with Crippen molar-refractivity contribution >= 4 is 6.09 Å². The molecule has 0 spiro atoms. The molecule has 23 heavy (non-hydrogen) atoms. The molecule has 0 aliphatic heterocycles. The minimum absolute atomic E-state index is 0.0558. The molecule has 0 saturated heterocycles. The van der Waals surface area contributed by atoms with Gasteiger partial charge in [-0.1, -0.05) is 65.2 Å². The van der Waals surface area contributed by atoms with Crippen molar-refractivity contribution in [2.45, 2.75) is 103 Å². The molecule has 0 fully saturated rings. The zero-order chi connectivity index (χ0) is 17.4. The third-order valence-electron chi connectivity index (χ3n) is 4.34. The average Bonchev–Trinajstić information content (AvgIpc) is 2.53. The second kappa shape index (κ2) is 14.8. The van der Waals surface area contributed by atoms with E-state index in [1.807, 2.05) is 0 Å². The lowest BCUT2D eigenvalue weighted by molar-refractivity contribution is 0.00788. The summed E-state index contributed by atoms with van der Waals surface area (Å²) in [5.74, 6) is 0. The summed E-state index contributed by atoms with van der Waals surface area (Å²) in [6.07, 6.45) is 13.7. The van der Waals surface area contributed by atoms with Gasteiger partial charge in [0.2, 0.25) is 0 Å². The molecular weight excluding hydrogens is 290 g/mol. The van der Waals surface area contributed by atoms with Gasteiger partial charge in [0.1, 0.15) is 5.60 Å². The Balaban J connectivity index is 4.20. The lowest BCUT2D eigenvalue weighted by atomic mass is 9.91. The molecule has 0 rings (SSSR count). The third-order valence-corrected chi connectivity index (χ3v) is 4.34. The smallest absolute Gasteiger partial charge is 0.407 e. The highest BCUT2D eigenvalue weighted by Crippen LogP contribution is 2.27. The zero-order valence-corrected chi connectivity index (χ0v) is 15.7. The van der Waals surface area contributed by atoms with E-state index in [2.05, 4.69) is 26.1 Å². The number of unbranched alkanes of at least 4 members (excludes halogenated alkanes) is 8. The summed E-state index contributed by atoms with van der Waals surface area (Å²) < 4.78 is 5.69. The van der Waals surface area contributed by atoms with Crippen LogP contribution in [0.5, 0.6) is 0 Å². The van der Waals surface area contributed by atoms with Crippen LogP contribution in [0, 0.1) is 0 Å². The zero-order valence-electron chi connectivity index (χ0n) is 15.7. The van der Waals surface area contributed by atoms with Gasteiger partial charge in [0.15, 0.2) is 0 Å². The minimum atomic E-state index is -0.400. The summed E-state index contributed by atoms with van der Waals surface area (Å²) in [5, 5.41) is 11.4. The molecule has 0 aromatic heterocycles. The van der Waals surface area contributed by atoms with E-state index in [-0.39, 0.29) is 18.8 Å². The number of amides is 1. The van der Waals surface area contributed by atoms with Crippen LogP contribution >= 0.6 is 0 Å². The number of aliphatic hydroxyl groups excluding tert-OH is 1. The van der Waals surface area contributed by atoms with Crippen molar-refractivity contribution in [2.75, 3.05) is 13.2 Å². The van der Waals surface area contributed by atoms with E-state index >= 15 is 0 Å². The maximum absolute atomic E-state index is 11.8. The van der Waals surface area contributed by atoms with E-state index in [0.29, 0.717) is 0 Å². The first-order chi connectivity index (χ1) is 11.1. The fraction of sp³-hybridized carbons (Fsp3) is 0.947. The van der Waals surface area contributed by atoms with Crippen molar-refractivity contribution in [1.82, 2.24) is 5.32 Å². The fourth-order valence-electron chi connectivity index (χ4n) is 2.85. The van der Waals surface area contributed by atoms with E-state index in [4.69, 9.17) is 9.84 Å². The van der Waals surface area contributed by atoms with Crippen molar-refractivity contribution in [1.29, 1.82) is 0 Å². The first kappa shape index (κ1) is 22.2. The van der Waals surface area contributed by atoms with Gasteiger partial charge < -0.3 is 15.2 Å². The molecule has 0 saturated carbocycles. The second-order valence-electron chi connectivity index (χ2n) is 6.82. The summed E-state index contributed by atoms with van der Waals surface area (Å²) in [5.41, 5.74) is -0.377. The van der Waals surface area contributed by atoms with E-state index in [9.17, 15) is 4.79 Å². The topological polar surface area (TPSA) is 58.6 Å². The van der Waals surface area contributed by atoms with Crippen molar-refractivity contribution in [3.05, 3.63) is 0 Å². The summed E-state index contributed by atoms with van der Waals surface area (Å²) in [6.45, 7) is 6.69. The Morgan fingerprint density at radius 3 is 1.91 bits per heavy atom. The number of aliphatic hydroxyl groups is 1. The highest BCUT2D eigenvalue weighted by molar-refractivity contribution is 5.67. The van der Waals surface area contributed by atoms with Gasteiger partial charge in [-0.3, -0.25) is 0 Å². The molecule has 0 radical (unpaired) electrons. The SMILES string of the molecule is CCCCCCCCC(C)(CCCCCC)OC(=O)NCCO. The average molecular weight is 330 g/mol. The quantitative estimate of drug-likeness (QED) is 0.407. The predicted molar refractivity (Wildman–Crippen MR) is 96.7 cm³/mol. The first-order valence-electron chi connectivity index (χ1n) is 9.65. The second-order valence-corrected chi connectivity index (χ2v) is 6.82. The molecule has 0 aliphatic carbocycles. The van der Waals surface area contributed by atoms with Crippen molar-refractivity contribution in [3.63, 3.8) is 0 Å². The van der Waals surface area contributed by atoms with E-state index in [0.717, 1.165) is 25.7 Å². The van der Waals surface area contributed by atoms with Crippen LogP contribution in [0.25, 0.3) is 0 Å². The highest BCUT2D eigenvalue weighted by atomic mass is 16.6. The van der Waals surface area contributed by atoms with Gasteiger partial charge in [-0.05, 0) is 32.6 Å². The van der Waals surface area contributed by atoms with Gasteiger partial charge in [-0.25, -0.2) is 4.79 Å². The van der Waals surface area contributed by atoms with Crippen LogP contribution < -0.4 is 5.32 Å². The van der Waals surface area contributed by atoms with Crippen LogP contribution in [0.3, 0.4) is 0 Å². The van der Waals surface area contributed by atoms with Crippen molar-refractivity contribution < 1.29 is 14.6 Å². The van der Waals surface area contributed by atoms with E-state index in [1.165, 1.54) is 51.4 Å². The molecule has 0 heterocycles. The molecule has 0 bridgehead atoms. The number of nitrogens with one attached hydrogen (secondary N) is 1. The molecule has 0 aliphatic rings. The number of rotatable bonds is 15. The molecule has 2 N–H and O–H groups in total. The van der Waals surface area contributed by atoms with Crippen molar-refractivity contribution in [3.8, 4) is 0 Å². The van der Waals surface area contributed by atoms with E-state index < -0.39 is 6.09 Å². The summed E-state index contributed by atoms with van der Waals surface area (Å²) in [4.78, 5) is 11.8. The Kier molecular flexibility index (Phi) is 14.3. The lowest BCUT2D eigenvalue weighted by Gasteiger charge is -2.30. The Morgan fingerprint density at radius 2 is 1.39 bits per heavy atom. The Morgan fingerprint density at radius 1 is 0.913 bits per heavy atom. The predicted octanol–water partition coefficient (Wildman–Crippen LogP) is 5.18. The maximum atomic E-state index is 11.8. The van der Waals surface area contributed by atoms with Gasteiger partial charge in [-0.2, -0.15) is 0 Å². The highest BCUT2D eigenvalue weighted by Gasteiger charge is 2.27. The third kappa shape index (κ3) is 13.4. The number of hydrogen-bond donors (Lipinski definition) is 2. The van der Waals surface area contributed by atoms with Crippen LogP contribution in [0.4, 0.5) is 4.79 Å². The van der Waals surface area contributed by atoms with Gasteiger partial charge in [0.25, 0.3) is 0 Å². The van der Waals surface area contributed by atoms with Crippen molar-refractivity contribution in [2.24, 2.45) is 0 Å². The van der Waals surface area contributed by atoms with Crippen LogP contribution in [0.2, 0.25) is 0 Å².